The number of carbonyl (C=O) groups excluding carboxylic acids is 1. The van der Waals surface area contributed by atoms with E-state index < -0.39 is 60.9 Å². The highest BCUT2D eigenvalue weighted by molar-refractivity contribution is 7.99. The molecule has 0 aromatic rings. The molecule has 2 saturated heterocycles. The van der Waals surface area contributed by atoms with Crippen molar-refractivity contribution >= 4 is 30.1 Å². The van der Waals surface area contributed by atoms with Gasteiger partial charge < -0.3 is 30.5 Å². The predicted octanol–water partition coefficient (Wildman–Crippen LogP) is -0.825. The molecule has 0 spiro atoms. The number of aliphatic hydroxyl groups is 4. The number of likely N-dealkylation sites (tertiary alicyclic amines) is 1. The molecule has 5 N–H and O–H groups in total. The fourth-order valence-corrected chi connectivity index (χ4v) is 4.25. The van der Waals surface area contributed by atoms with Crippen molar-refractivity contribution in [2.75, 3.05) is 19.8 Å². The molecule has 0 saturated carbocycles. The van der Waals surface area contributed by atoms with Crippen LogP contribution in [0.4, 0.5) is 0 Å². The van der Waals surface area contributed by atoms with E-state index in [1.807, 2.05) is 6.92 Å². The zero-order chi connectivity index (χ0) is 22.1. The molecule has 1 amide bonds. The number of carbonyl (C=O) groups is 1. The van der Waals surface area contributed by atoms with E-state index in [1.54, 1.807) is 6.26 Å². The first-order chi connectivity index (χ1) is 13.4. The van der Waals surface area contributed by atoms with Gasteiger partial charge in [-0.15, -0.1) is 24.2 Å². The van der Waals surface area contributed by atoms with Gasteiger partial charge in [0.2, 0.25) is 5.91 Å². The summed E-state index contributed by atoms with van der Waals surface area (Å²) in [5.74, 6) is -0.523. The first kappa shape index (κ1) is 20.2. The fraction of sp³-hybridized carbons (Fsp3) is 0.941. The Morgan fingerprint density at radius 3 is 2.56 bits per heavy atom. The number of rotatable bonds is 6. The van der Waals surface area contributed by atoms with Gasteiger partial charge in [0.25, 0.3) is 0 Å². The van der Waals surface area contributed by atoms with Crippen molar-refractivity contribution in [1.82, 2.24) is 10.2 Å². The third-order valence-corrected chi connectivity index (χ3v) is 6.14. The van der Waals surface area contributed by atoms with Gasteiger partial charge in [0.05, 0.1) is 18.2 Å². The number of likely N-dealkylation sites (N-methyl/N-ethyl adjacent to an activating group) is 1. The molecule has 2 fully saturated rings. The highest BCUT2D eigenvalue weighted by Gasteiger charge is 2.48. The quantitative estimate of drug-likeness (QED) is 0.369. The van der Waals surface area contributed by atoms with Crippen LogP contribution in [0.2, 0.25) is 0 Å². The molecule has 0 aromatic carbocycles. The molecule has 2 rings (SSSR count). The second-order valence-electron chi connectivity index (χ2n) is 7.13. The molecular formula is C17H33ClN2O6S. The minimum Gasteiger partial charge on any atom is -0.391 e. The first-order valence-corrected chi connectivity index (χ1v) is 10.2. The summed E-state index contributed by atoms with van der Waals surface area (Å²) in [6.45, 7) is 1.17. The molecule has 0 radical (unpaired) electrons. The van der Waals surface area contributed by atoms with Crippen molar-refractivity contribution in [2.24, 2.45) is 5.92 Å². The predicted molar refractivity (Wildman–Crippen MR) is 106 cm³/mol. The molecule has 0 bridgehead atoms. The monoisotopic (exact) mass is 431 g/mol. The van der Waals surface area contributed by atoms with Crippen molar-refractivity contribution in [3.8, 4) is 0 Å². The number of thioether (sulfide) groups is 1. The zero-order valence-corrected chi connectivity index (χ0v) is 17.3. The molecular weight excluding hydrogens is 396 g/mol. The van der Waals surface area contributed by atoms with Gasteiger partial charge in [-0.25, -0.2) is 0 Å². The summed E-state index contributed by atoms with van der Waals surface area (Å²) in [4.78, 5) is 14.1. The van der Waals surface area contributed by atoms with Gasteiger partial charge >= 0.3 is 0 Å². The van der Waals surface area contributed by atoms with Gasteiger partial charge in [-0.05, 0) is 32.5 Å². The van der Waals surface area contributed by atoms with Crippen LogP contribution < -0.4 is 5.32 Å². The molecule has 2 aliphatic heterocycles. The van der Waals surface area contributed by atoms with Gasteiger partial charge in [0.1, 0.15) is 29.9 Å². The van der Waals surface area contributed by atoms with Crippen LogP contribution in [0.5, 0.6) is 0 Å². The Balaban J connectivity index is 0.00000450. The van der Waals surface area contributed by atoms with Gasteiger partial charge in [-0.2, -0.15) is 0 Å². The minimum atomic E-state index is -2.43. The van der Waals surface area contributed by atoms with Crippen molar-refractivity contribution in [2.45, 2.75) is 74.7 Å². The van der Waals surface area contributed by atoms with Crippen molar-refractivity contribution in [1.29, 1.82) is 0 Å². The number of aliphatic hydroxyl groups excluding tert-OH is 4. The molecule has 0 unspecified atom stereocenters. The Kier molecular flexibility index (Phi) is 7.91. The third kappa shape index (κ3) is 5.48. The molecule has 0 aliphatic carbocycles. The van der Waals surface area contributed by atoms with Crippen LogP contribution >= 0.6 is 24.2 Å². The van der Waals surface area contributed by atoms with Crippen LogP contribution in [0.1, 0.15) is 30.8 Å². The molecule has 2 aliphatic rings. The lowest BCUT2D eigenvalue weighted by atomic mass is 9.92. The SMILES string of the molecule is Cl.[2H]C([2H])([2H])N1C[C@H](CC)C[C@H]1C(=O)N[C@@H]([C@H]1O[C@H](SC)[C@H](O)[C@@H](O)[C@H]1O)[C@@H](C)O. The zero-order valence-electron chi connectivity index (χ0n) is 18.7. The van der Waals surface area contributed by atoms with E-state index >= 15 is 0 Å². The number of hydrogen-bond donors (Lipinski definition) is 5. The Labute approximate surface area is 175 Å². The lowest BCUT2D eigenvalue weighted by molar-refractivity contribution is -0.211. The van der Waals surface area contributed by atoms with Gasteiger partial charge in [0.15, 0.2) is 0 Å². The van der Waals surface area contributed by atoms with Crippen LogP contribution in [0.15, 0.2) is 0 Å². The van der Waals surface area contributed by atoms with E-state index in [-0.39, 0.29) is 24.9 Å². The molecule has 8 nitrogen and oxygen atoms in total. The maximum absolute atomic E-state index is 13.0. The van der Waals surface area contributed by atoms with Crippen molar-refractivity contribution in [3.05, 3.63) is 0 Å². The summed E-state index contributed by atoms with van der Waals surface area (Å²) in [5, 5.41) is 43.4. The lowest BCUT2D eigenvalue weighted by Crippen LogP contribution is -2.65. The van der Waals surface area contributed by atoms with E-state index in [2.05, 4.69) is 5.32 Å². The average molecular weight is 432 g/mol. The number of halogens is 1. The summed E-state index contributed by atoms with van der Waals surface area (Å²) in [6, 6.07) is -2.00. The summed E-state index contributed by atoms with van der Waals surface area (Å²) in [5.41, 5.74) is -0.855. The fourth-order valence-electron chi connectivity index (χ4n) is 3.57. The standard InChI is InChI=1S/C17H32N2O6S.ClH/c1-5-9-6-10(19(3)7-9)16(24)18-11(8(2)20)15-13(22)12(21)14(23)17(25-15)26-4;/h8-15,17,20-23H,5-7H2,1-4H3,(H,18,24);1H/t8-,9-,10+,11-,12+,13-,14-,15-,17-;/m1./s1/i3D3;. The Morgan fingerprint density at radius 1 is 1.37 bits per heavy atom. The van der Waals surface area contributed by atoms with Crippen LogP contribution in [-0.2, 0) is 9.53 Å². The number of amides is 1. The highest BCUT2D eigenvalue weighted by atomic mass is 35.5. The van der Waals surface area contributed by atoms with Crippen LogP contribution in [0.25, 0.3) is 0 Å². The smallest absolute Gasteiger partial charge is 0.237 e. The maximum atomic E-state index is 13.0. The van der Waals surface area contributed by atoms with E-state index in [0.717, 1.165) is 18.2 Å². The number of hydrogen-bond acceptors (Lipinski definition) is 8. The van der Waals surface area contributed by atoms with Crippen molar-refractivity contribution < 1.29 is 34.1 Å². The molecule has 27 heavy (non-hydrogen) atoms. The van der Waals surface area contributed by atoms with Crippen molar-refractivity contribution in [3.63, 3.8) is 0 Å². The Hall–Kier alpha value is -0.130. The largest absolute Gasteiger partial charge is 0.391 e. The van der Waals surface area contributed by atoms with E-state index in [9.17, 15) is 25.2 Å². The average Bonchev–Trinajstić information content (AvgIpc) is 3.10. The summed E-state index contributed by atoms with van der Waals surface area (Å²) >= 11 is 1.12. The molecule has 9 atom stereocenters. The summed E-state index contributed by atoms with van der Waals surface area (Å²) in [6.07, 6.45) is -3.96. The lowest BCUT2D eigenvalue weighted by Gasteiger charge is -2.44. The van der Waals surface area contributed by atoms with Crippen LogP contribution in [-0.4, -0.2) is 99.0 Å². The topological polar surface area (TPSA) is 122 Å². The highest BCUT2D eigenvalue weighted by Crippen LogP contribution is 2.30. The maximum Gasteiger partial charge on any atom is 0.237 e. The summed E-state index contributed by atoms with van der Waals surface area (Å²) < 4.78 is 28.8. The second-order valence-corrected chi connectivity index (χ2v) is 8.07. The van der Waals surface area contributed by atoms with E-state index in [1.165, 1.54) is 11.8 Å². The minimum absolute atomic E-state index is 0. The molecule has 160 valence electrons. The molecule has 2 heterocycles. The van der Waals surface area contributed by atoms with E-state index in [0.29, 0.717) is 6.42 Å². The van der Waals surface area contributed by atoms with Crippen LogP contribution in [0.3, 0.4) is 0 Å². The first-order valence-electron chi connectivity index (χ1n) is 10.4. The number of ether oxygens (including phenoxy) is 1. The number of nitrogens with zero attached hydrogens (tertiary/aromatic N) is 1. The Bertz CT molecular complexity index is 574. The van der Waals surface area contributed by atoms with Gasteiger partial charge in [-0.1, -0.05) is 13.3 Å². The summed E-state index contributed by atoms with van der Waals surface area (Å²) in [7, 11) is 0. The third-order valence-electron chi connectivity index (χ3n) is 5.29. The van der Waals surface area contributed by atoms with Gasteiger partial charge in [-0.3, -0.25) is 9.69 Å². The molecule has 10 heteroatoms. The van der Waals surface area contributed by atoms with Gasteiger partial charge in [0, 0.05) is 10.7 Å². The van der Waals surface area contributed by atoms with Crippen LogP contribution in [0, 0.1) is 5.92 Å². The molecule has 0 aromatic heterocycles. The Morgan fingerprint density at radius 2 is 2.04 bits per heavy atom. The second kappa shape index (κ2) is 10.6. The normalized spacial score (nSPS) is 41.6. The number of nitrogens with one attached hydrogen (secondary N) is 1. The van der Waals surface area contributed by atoms with E-state index in [4.69, 9.17) is 8.85 Å².